The molecule has 31 heavy (non-hydrogen) atoms. The summed E-state index contributed by atoms with van der Waals surface area (Å²) in [6.45, 7) is 0. The minimum absolute atomic E-state index is 0.0114. The van der Waals surface area contributed by atoms with Crippen LogP contribution in [0.3, 0.4) is 0 Å². The molecule has 1 aromatic carbocycles. The molecule has 1 N–H and O–H groups in total. The number of hydrogen-bond acceptors (Lipinski definition) is 4. The topological polar surface area (TPSA) is 46.0 Å². The smallest absolute Gasteiger partial charge is 0.194 e. The van der Waals surface area contributed by atoms with Gasteiger partial charge in [-0.05, 0) is 61.5 Å². The Balaban J connectivity index is 1.48. The Morgan fingerprint density at radius 2 is 1.84 bits per heavy atom. The first kappa shape index (κ1) is 19.0. The van der Waals surface area contributed by atoms with Crippen molar-refractivity contribution in [3.8, 4) is 5.13 Å². The summed E-state index contributed by atoms with van der Waals surface area (Å²) in [6.07, 6.45) is 8.90. The Morgan fingerprint density at radius 3 is 2.65 bits per heavy atom. The van der Waals surface area contributed by atoms with E-state index < -0.39 is 0 Å². The molecule has 2 atom stereocenters. The van der Waals surface area contributed by atoms with Crippen molar-refractivity contribution in [3.63, 3.8) is 0 Å². The summed E-state index contributed by atoms with van der Waals surface area (Å²) in [5.74, 6) is 0. The van der Waals surface area contributed by atoms with Crippen LogP contribution in [0, 0.1) is 0 Å². The summed E-state index contributed by atoms with van der Waals surface area (Å²) in [7, 11) is 0. The van der Waals surface area contributed by atoms with Gasteiger partial charge in [-0.1, -0.05) is 42.4 Å². The van der Waals surface area contributed by atoms with Gasteiger partial charge in [-0.25, -0.2) is 4.98 Å². The molecule has 1 aliphatic heterocycles. The number of para-hydroxylation sites is 1. The van der Waals surface area contributed by atoms with Crippen LogP contribution >= 0.6 is 23.6 Å². The van der Waals surface area contributed by atoms with Crippen LogP contribution in [0.2, 0.25) is 0 Å². The number of pyridine rings is 1. The molecular weight excluding hydrogens is 422 g/mol. The van der Waals surface area contributed by atoms with E-state index in [0.717, 1.165) is 21.5 Å². The average Bonchev–Trinajstić information content (AvgIpc) is 3.58. The van der Waals surface area contributed by atoms with Crippen molar-refractivity contribution in [2.75, 3.05) is 0 Å². The fraction of sp³-hybridized carbons (Fsp3) is 0.292. The summed E-state index contributed by atoms with van der Waals surface area (Å²) in [5.41, 5.74) is 3.26. The molecule has 0 radical (unpaired) electrons. The molecule has 2 fully saturated rings. The SMILES string of the molecule is S=C1N[C@H](c2ccccn2)[C@@H](c2cccn2-c2nc3ccccc3s2)N1C1CCCC1. The summed E-state index contributed by atoms with van der Waals surface area (Å²) >= 11 is 7.61. The van der Waals surface area contributed by atoms with Gasteiger partial charge in [0.05, 0.1) is 33.7 Å². The Bertz CT molecular complexity index is 1190. The predicted molar refractivity (Wildman–Crippen MR) is 128 cm³/mol. The van der Waals surface area contributed by atoms with Gasteiger partial charge in [-0.2, -0.15) is 0 Å². The van der Waals surface area contributed by atoms with Crippen molar-refractivity contribution in [2.45, 2.75) is 43.8 Å². The second-order valence-corrected chi connectivity index (χ2v) is 9.64. The number of thiocarbonyl (C=S) groups is 1. The fourth-order valence-electron chi connectivity index (χ4n) is 5.03. The molecule has 1 saturated carbocycles. The van der Waals surface area contributed by atoms with Gasteiger partial charge in [-0.15, -0.1) is 0 Å². The Kier molecular flexibility index (Phi) is 4.73. The lowest BCUT2D eigenvalue weighted by Gasteiger charge is -2.33. The molecule has 0 unspecified atom stereocenters. The van der Waals surface area contributed by atoms with Crippen molar-refractivity contribution in [2.24, 2.45) is 0 Å². The highest BCUT2D eigenvalue weighted by Gasteiger charge is 2.44. The van der Waals surface area contributed by atoms with Crippen molar-refractivity contribution in [3.05, 3.63) is 78.4 Å². The zero-order chi connectivity index (χ0) is 20.8. The zero-order valence-electron chi connectivity index (χ0n) is 17.0. The van der Waals surface area contributed by atoms with E-state index >= 15 is 0 Å². The normalized spacial score (nSPS) is 21.8. The summed E-state index contributed by atoms with van der Waals surface area (Å²) in [5, 5.41) is 5.43. The van der Waals surface area contributed by atoms with Crippen LogP contribution in [0.15, 0.2) is 67.0 Å². The molecule has 4 aromatic rings. The second kappa shape index (κ2) is 7.73. The molecule has 7 heteroatoms. The molecule has 0 bridgehead atoms. The summed E-state index contributed by atoms with van der Waals surface area (Å²) in [6, 6.07) is 19.3. The molecule has 0 spiro atoms. The van der Waals surface area contributed by atoms with Crippen LogP contribution in [0.1, 0.15) is 49.2 Å². The third-order valence-corrected chi connectivity index (χ3v) is 7.79. The largest absolute Gasteiger partial charge is 0.352 e. The molecule has 5 nitrogen and oxygen atoms in total. The lowest BCUT2D eigenvalue weighted by Crippen LogP contribution is -2.38. The van der Waals surface area contributed by atoms with E-state index in [1.54, 1.807) is 11.3 Å². The van der Waals surface area contributed by atoms with Crippen LogP contribution in [0.5, 0.6) is 0 Å². The van der Waals surface area contributed by atoms with Gasteiger partial charge in [-0.3, -0.25) is 9.55 Å². The van der Waals surface area contributed by atoms with Gasteiger partial charge >= 0.3 is 0 Å². The lowest BCUT2D eigenvalue weighted by atomic mass is 10.00. The maximum atomic E-state index is 5.88. The van der Waals surface area contributed by atoms with E-state index in [9.17, 15) is 0 Å². The number of hydrogen-bond donors (Lipinski definition) is 1. The van der Waals surface area contributed by atoms with Crippen LogP contribution < -0.4 is 5.32 Å². The van der Waals surface area contributed by atoms with E-state index in [1.807, 2.05) is 18.3 Å². The Labute approximate surface area is 190 Å². The lowest BCUT2D eigenvalue weighted by molar-refractivity contribution is 0.239. The monoisotopic (exact) mass is 445 g/mol. The van der Waals surface area contributed by atoms with E-state index in [0.29, 0.717) is 6.04 Å². The number of nitrogens with one attached hydrogen (secondary N) is 1. The van der Waals surface area contributed by atoms with Crippen molar-refractivity contribution < 1.29 is 0 Å². The first-order valence-electron chi connectivity index (χ1n) is 10.8. The molecule has 0 amide bonds. The molecule has 6 rings (SSSR count). The Hall–Kier alpha value is -2.77. The Morgan fingerprint density at radius 1 is 1.00 bits per heavy atom. The van der Waals surface area contributed by atoms with Crippen LogP contribution in [0.25, 0.3) is 15.3 Å². The quantitative estimate of drug-likeness (QED) is 0.426. The van der Waals surface area contributed by atoms with Gasteiger partial charge in [0, 0.05) is 18.4 Å². The van der Waals surface area contributed by atoms with E-state index in [2.05, 4.69) is 68.4 Å². The maximum absolute atomic E-state index is 5.88. The van der Waals surface area contributed by atoms with Gasteiger partial charge in [0.25, 0.3) is 0 Å². The van der Waals surface area contributed by atoms with Crippen molar-refractivity contribution >= 4 is 38.9 Å². The highest BCUT2D eigenvalue weighted by Crippen LogP contribution is 2.43. The number of nitrogens with zero attached hydrogens (tertiary/aromatic N) is 4. The van der Waals surface area contributed by atoms with Gasteiger partial charge < -0.3 is 10.2 Å². The molecule has 4 heterocycles. The summed E-state index contributed by atoms with van der Waals surface area (Å²) in [4.78, 5) is 12.0. The first-order chi connectivity index (χ1) is 15.3. The number of aromatic nitrogens is 3. The maximum Gasteiger partial charge on any atom is 0.194 e. The molecule has 1 saturated heterocycles. The minimum atomic E-state index is 0.0114. The van der Waals surface area contributed by atoms with Crippen LogP contribution in [-0.2, 0) is 0 Å². The highest BCUT2D eigenvalue weighted by atomic mass is 32.1. The van der Waals surface area contributed by atoms with Gasteiger partial charge in [0.2, 0.25) is 0 Å². The highest BCUT2D eigenvalue weighted by molar-refractivity contribution is 7.80. The molecule has 2 aliphatic rings. The molecule has 156 valence electrons. The van der Waals surface area contributed by atoms with E-state index in [4.69, 9.17) is 17.2 Å². The van der Waals surface area contributed by atoms with Crippen molar-refractivity contribution in [1.82, 2.24) is 24.8 Å². The average molecular weight is 446 g/mol. The van der Waals surface area contributed by atoms with E-state index in [-0.39, 0.29) is 12.1 Å². The fourth-order valence-corrected chi connectivity index (χ4v) is 6.39. The van der Waals surface area contributed by atoms with Crippen LogP contribution in [0.4, 0.5) is 0 Å². The standard InChI is InChI=1S/C24H23N5S2/c30-23-27-21(18-11-5-6-14-25-18)22(29(23)16-8-1-2-9-16)19-12-7-15-28(19)24-26-17-10-3-4-13-20(17)31-24/h3-7,10-16,21-22H,1-2,8-9H2,(H,27,30)/t21-,22-/m1/s1. The first-order valence-corrected chi connectivity index (χ1v) is 12.0. The number of benzene rings is 1. The van der Waals surface area contributed by atoms with E-state index in [1.165, 1.54) is 36.1 Å². The number of thiazole rings is 1. The molecule has 1 aliphatic carbocycles. The molecule has 3 aromatic heterocycles. The number of rotatable bonds is 4. The van der Waals surface area contributed by atoms with Gasteiger partial charge in [0.15, 0.2) is 10.2 Å². The van der Waals surface area contributed by atoms with Crippen LogP contribution in [-0.4, -0.2) is 30.6 Å². The van der Waals surface area contributed by atoms with Crippen molar-refractivity contribution in [1.29, 1.82) is 0 Å². The number of fused-ring (bicyclic) bond motifs is 1. The third-order valence-electron chi connectivity index (χ3n) is 6.43. The predicted octanol–water partition coefficient (Wildman–Crippen LogP) is 5.40. The second-order valence-electron chi connectivity index (χ2n) is 8.24. The summed E-state index contributed by atoms with van der Waals surface area (Å²) < 4.78 is 3.44. The molecular formula is C24H23N5S2. The third kappa shape index (κ3) is 3.23. The van der Waals surface area contributed by atoms with Gasteiger partial charge in [0.1, 0.15) is 0 Å². The zero-order valence-corrected chi connectivity index (χ0v) is 18.6. The minimum Gasteiger partial charge on any atom is -0.352 e.